The zero-order valence-corrected chi connectivity index (χ0v) is 14.7. The Morgan fingerprint density at radius 3 is 2.43 bits per heavy atom. The Hall–Kier alpha value is -0.870. The molecule has 4 heteroatoms. The van der Waals surface area contributed by atoms with Gasteiger partial charge in [-0.05, 0) is 43.9 Å². The van der Waals surface area contributed by atoms with E-state index in [4.69, 9.17) is 4.74 Å². The number of rotatable bonds is 8. The maximum atomic E-state index is 11.3. The molecule has 1 aliphatic heterocycles. The Bertz CT molecular complexity index is 356. The molecule has 1 aliphatic carbocycles. The average molecular weight is 322 g/mol. The minimum Gasteiger partial charge on any atom is -0.459 e. The number of carbonyl (C=O) groups is 1. The van der Waals surface area contributed by atoms with E-state index < -0.39 is 0 Å². The number of hydrogen-bond acceptors (Lipinski definition) is 4. The van der Waals surface area contributed by atoms with Crippen molar-refractivity contribution in [2.24, 2.45) is 11.8 Å². The van der Waals surface area contributed by atoms with Crippen LogP contribution < -0.4 is 10.6 Å². The summed E-state index contributed by atoms with van der Waals surface area (Å²) in [4.78, 5) is 11.3. The van der Waals surface area contributed by atoms with Gasteiger partial charge in [-0.3, -0.25) is 0 Å². The van der Waals surface area contributed by atoms with Crippen molar-refractivity contribution in [3.63, 3.8) is 0 Å². The number of carbonyl (C=O) groups excluding carboxylic acids is 1. The topological polar surface area (TPSA) is 50.4 Å². The van der Waals surface area contributed by atoms with Crippen molar-refractivity contribution >= 4 is 5.97 Å². The van der Waals surface area contributed by atoms with Crippen LogP contribution in [0.3, 0.4) is 0 Å². The second kappa shape index (κ2) is 10.1. The SMILES string of the molecule is C=CC(=O)OC1CCC(C2NCC(CCCCCC)CN2)CC1. The number of nitrogens with one attached hydrogen (secondary N) is 2. The molecule has 0 unspecified atom stereocenters. The molecule has 0 aromatic rings. The normalized spacial score (nSPS) is 31.5. The maximum Gasteiger partial charge on any atom is 0.330 e. The lowest BCUT2D eigenvalue weighted by atomic mass is 9.84. The molecule has 2 aliphatic rings. The van der Waals surface area contributed by atoms with Crippen LogP contribution in [0.4, 0.5) is 0 Å². The van der Waals surface area contributed by atoms with E-state index >= 15 is 0 Å². The van der Waals surface area contributed by atoms with Crippen LogP contribution >= 0.6 is 0 Å². The van der Waals surface area contributed by atoms with Gasteiger partial charge in [0.15, 0.2) is 0 Å². The predicted octanol–water partition coefficient (Wildman–Crippen LogP) is 3.38. The van der Waals surface area contributed by atoms with Crippen molar-refractivity contribution < 1.29 is 9.53 Å². The molecule has 0 amide bonds. The van der Waals surface area contributed by atoms with E-state index in [1.807, 2.05) is 0 Å². The molecule has 0 bridgehead atoms. The van der Waals surface area contributed by atoms with E-state index in [9.17, 15) is 4.79 Å². The molecule has 2 rings (SSSR count). The van der Waals surface area contributed by atoms with Gasteiger partial charge in [0.25, 0.3) is 0 Å². The molecule has 0 aromatic carbocycles. The minimum atomic E-state index is -0.284. The highest BCUT2D eigenvalue weighted by Gasteiger charge is 2.31. The highest BCUT2D eigenvalue weighted by atomic mass is 16.5. The van der Waals surface area contributed by atoms with Gasteiger partial charge in [0.05, 0.1) is 6.17 Å². The van der Waals surface area contributed by atoms with Crippen LogP contribution in [0.2, 0.25) is 0 Å². The molecule has 23 heavy (non-hydrogen) atoms. The standard InChI is InChI=1S/C19H34N2O2/c1-3-5-6-7-8-15-13-20-19(21-14-15)16-9-11-17(12-10-16)23-18(22)4-2/h4,15-17,19-21H,2-3,5-14H2,1H3. The summed E-state index contributed by atoms with van der Waals surface area (Å²) in [5, 5.41) is 7.42. The summed E-state index contributed by atoms with van der Waals surface area (Å²) in [5.41, 5.74) is 0. The van der Waals surface area contributed by atoms with Gasteiger partial charge >= 0.3 is 5.97 Å². The number of unbranched alkanes of at least 4 members (excludes halogenated alkanes) is 3. The summed E-state index contributed by atoms with van der Waals surface area (Å²) in [6, 6.07) is 0. The van der Waals surface area contributed by atoms with E-state index in [0.717, 1.165) is 44.7 Å². The van der Waals surface area contributed by atoms with Crippen LogP contribution in [0, 0.1) is 11.8 Å². The second-order valence-corrected chi connectivity index (χ2v) is 7.19. The van der Waals surface area contributed by atoms with Crippen LogP contribution in [0.25, 0.3) is 0 Å². The zero-order chi connectivity index (χ0) is 16.5. The van der Waals surface area contributed by atoms with Gasteiger partial charge in [-0.15, -0.1) is 0 Å². The Morgan fingerprint density at radius 1 is 1.13 bits per heavy atom. The van der Waals surface area contributed by atoms with Crippen molar-refractivity contribution in [2.45, 2.75) is 77.0 Å². The molecule has 0 spiro atoms. The third-order valence-corrected chi connectivity index (χ3v) is 5.36. The van der Waals surface area contributed by atoms with E-state index in [1.165, 1.54) is 38.2 Å². The molecule has 0 aromatic heterocycles. The molecule has 1 saturated heterocycles. The first kappa shape index (κ1) is 18.5. The number of hydrogen-bond donors (Lipinski definition) is 2. The Morgan fingerprint density at radius 2 is 1.83 bits per heavy atom. The Balaban J connectivity index is 1.61. The minimum absolute atomic E-state index is 0.0895. The lowest BCUT2D eigenvalue weighted by Gasteiger charge is -2.39. The molecule has 4 nitrogen and oxygen atoms in total. The van der Waals surface area contributed by atoms with Crippen LogP contribution in [0.1, 0.15) is 64.7 Å². The summed E-state index contributed by atoms with van der Waals surface area (Å²) in [7, 11) is 0. The lowest BCUT2D eigenvalue weighted by molar-refractivity contribution is -0.145. The lowest BCUT2D eigenvalue weighted by Crippen LogP contribution is -2.56. The summed E-state index contributed by atoms with van der Waals surface area (Å²) in [6.45, 7) is 8.02. The fraction of sp³-hybridized carbons (Fsp3) is 0.842. The van der Waals surface area contributed by atoms with Gasteiger partial charge in [0, 0.05) is 19.2 Å². The van der Waals surface area contributed by atoms with E-state index in [0.29, 0.717) is 12.1 Å². The van der Waals surface area contributed by atoms with Gasteiger partial charge in [-0.2, -0.15) is 0 Å². The average Bonchev–Trinajstić information content (AvgIpc) is 2.60. The van der Waals surface area contributed by atoms with Gasteiger partial charge in [-0.25, -0.2) is 4.79 Å². The summed E-state index contributed by atoms with van der Waals surface area (Å²) in [6.07, 6.45) is 12.8. The van der Waals surface area contributed by atoms with E-state index in [1.54, 1.807) is 0 Å². The molecule has 1 saturated carbocycles. The molecular formula is C19H34N2O2. The highest BCUT2D eigenvalue weighted by Crippen LogP contribution is 2.29. The summed E-state index contributed by atoms with van der Waals surface area (Å²) < 4.78 is 5.36. The largest absolute Gasteiger partial charge is 0.459 e. The van der Waals surface area contributed by atoms with Crippen molar-refractivity contribution in [1.82, 2.24) is 10.6 Å². The summed E-state index contributed by atoms with van der Waals surface area (Å²) in [5.74, 6) is 1.16. The van der Waals surface area contributed by atoms with Gasteiger partial charge in [-0.1, -0.05) is 39.2 Å². The Labute approximate surface area is 141 Å². The van der Waals surface area contributed by atoms with Gasteiger partial charge in [0.2, 0.25) is 0 Å². The van der Waals surface area contributed by atoms with Crippen LogP contribution in [-0.2, 0) is 9.53 Å². The fourth-order valence-corrected chi connectivity index (χ4v) is 3.88. The number of esters is 1. The van der Waals surface area contributed by atoms with Crippen LogP contribution in [0.15, 0.2) is 12.7 Å². The third-order valence-electron chi connectivity index (χ3n) is 5.36. The first-order chi connectivity index (χ1) is 11.2. The molecule has 2 N–H and O–H groups in total. The molecule has 132 valence electrons. The van der Waals surface area contributed by atoms with Crippen molar-refractivity contribution in [3.05, 3.63) is 12.7 Å². The molecule has 1 heterocycles. The monoisotopic (exact) mass is 322 g/mol. The quantitative estimate of drug-likeness (QED) is 0.409. The summed E-state index contributed by atoms with van der Waals surface area (Å²) >= 11 is 0. The second-order valence-electron chi connectivity index (χ2n) is 7.19. The predicted molar refractivity (Wildman–Crippen MR) is 94.1 cm³/mol. The van der Waals surface area contributed by atoms with Crippen molar-refractivity contribution in [1.29, 1.82) is 0 Å². The van der Waals surface area contributed by atoms with Gasteiger partial charge < -0.3 is 15.4 Å². The third kappa shape index (κ3) is 6.27. The van der Waals surface area contributed by atoms with Crippen molar-refractivity contribution in [3.8, 4) is 0 Å². The molecular weight excluding hydrogens is 288 g/mol. The van der Waals surface area contributed by atoms with Crippen LogP contribution in [-0.4, -0.2) is 31.3 Å². The maximum absolute atomic E-state index is 11.3. The molecule has 0 radical (unpaired) electrons. The van der Waals surface area contributed by atoms with Gasteiger partial charge in [0.1, 0.15) is 6.10 Å². The van der Waals surface area contributed by atoms with E-state index in [2.05, 4.69) is 24.1 Å². The molecule has 2 fully saturated rings. The van der Waals surface area contributed by atoms with Crippen LogP contribution in [0.5, 0.6) is 0 Å². The highest BCUT2D eigenvalue weighted by molar-refractivity contribution is 5.81. The zero-order valence-electron chi connectivity index (χ0n) is 14.7. The van der Waals surface area contributed by atoms with Crippen molar-refractivity contribution in [2.75, 3.05) is 13.1 Å². The first-order valence-electron chi connectivity index (χ1n) is 9.52. The number of ether oxygens (including phenoxy) is 1. The van der Waals surface area contributed by atoms with E-state index in [-0.39, 0.29) is 12.1 Å². The first-order valence-corrected chi connectivity index (χ1v) is 9.52. The fourth-order valence-electron chi connectivity index (χ4n) is 3.88. The molecule has 0 atom stereocenters. The Kier molecular flexibility index (Phi) is 8.10. The smallest absolute Gasteiger partial charge is 0.330 e.